The van der Waals surface area contributed by atoms with E-state index in [-0.39, 0.29) is 23.8 Å². The molecule has 0 spiro atoms. The van der Waals surface area contributed by atoms with Crippen molar-refractivity contribution in [2.75, 3.05) is 6.54 Å². The molecular weight excluding hydrogens is 233 g/mol. The maximum absolute atomic E-state index is 12.8. The van der Waals surface area contributed by atoms with Crippen LogP contribution < -0.4 is 10.6 Å². The van der Waals surface area contributed by atoms with Gasteiger partial charge in [0.2, 0.25) is 5.91 Å². The number of amides is 1. The molecule has 0 aliphatic carbocycles. The third-order valence-electron chi connectivity index (χ3n) is 3.20. The number of hydrogen-bond acceptors (Lipinski definition) is 3. The number of carbonyl (C=O) groups excluding carboxylic acids is 1. The molecule has 1 aliphatic heterocycles. The highest BCUT2D eigenvalue weighted by Gasteiger charge is 2.25. The summed E-state index contributed by atoms with van der Waals surface area (Å²) in [6, 6.07) is 2.88. The van der Waals surface area contributed by atoms with Crippen LogP contribution in [0.25, 0.3) is 0 Å². The molecule has 1 aliphatic rings. The van der Waals surface area contributed by atoms with Crippen LogP contribution in [0.2, 0.25) is 0 Å². The third kappa shape index (κ3) is 3.04. The first kappa shape index (κ1) is 13.0. The first-order valence-electron chi connectivity index (χ1n) is 6.36. The van der Waals surface area contributed by atoms with Crippen molar-refractivity contribution in [1.82, 2.24) is 15.6 Å². The second-order valence-electron chi connectivity index (χ2n) is 4.51. The van der Waals surface area contributed by atoms with E-state index in [9.17, 15) is 9.18 Å². The molecule has 18 heavy (non-hydrogen) atoms. The standard InChI is InChI=1S/C13H18FN3O/c1-2-10(11-6-5-9(14)8-16-11)17-12-4-3-7-15-13(12)18/h5-6,8,10,12,17H,2-4,7H2,1H3,(H,15,18). The molecular formula is C13H18FN3O. The van der Waals surface area contributed by atoms with Crippen molar-refractivity contribution in [2.45, 2.75) is 38.3 Å². The molecule has 0 radical (unpaired) electrons. The van der Waals surface area contributed by atoms with Crippen molar-refractivity contribution in [3.05, 3.63) is 29.8 Å². The number of piperidine rings is 1. The maximum Gasteiger partial charge on any atom is 0.237 e. The van der Waals surface area contributed by atoms with Crippen LogP contribution in [0.15, 0.2) is 18.3 Å². The van der Waals surface area contributed by atoms with E-state index in [0.29, 0.717) is 0 Å². The Kier molecular flexibility index (Phi) is 4.25. The molecule has 1 fully saturated rings. The van der Waals surface area contributed by atoms with Crippen molar-refractivity contribution in [3.8, 4) is 0 Å². The van der Waals surface area contributed by atoms with Gasteiger partial charge in [-0.15, -0.1) is 0 Å². The van der Waals surface area contributed by atoms with Gasteiger partial charge in [-0.1, -0.05) is 6.92 Å². The Morgan fingerprint density at radius 3 is 3.06 bits per heavy atom. The average Bonchev–Trinajstić information content (AvgIpc) is 2.39. The summed E-state index contributed by atoms with van der Waals surface area (Å²) in [7, 11) is 0. The topological polar surface area (TPSA) is 54.0 Å². The molecule has 0 aromatic carbocycles. The van der Waals surface area contributed by atoms with Crippen molar-refractivity contribution in [3.63, 3.8) is 0 Å². The summed E-state index contributed by atoms with van der Waals surface area (Å²) in [5.41, 5.74) is 0.775. The van der Waals surface area contributed by atoms with E-state index in [1.54, 1.807) is 6.07 Å². The Morgan fingerprint density at radius 1 is 1.61 bits per heavy atom. The lowest BCUT2D eigenvalue weighted by Gasteiger charge is -2.27. The Labute approximate surface area is 106 Å². The monoisotopic (exact) mass is 251 g/mol. The fourth-order valence-corrected chi connectivity index (χ4v) is 2.18. The number of nitrogens with one attached hydrogen (secondary N) is 2. The van der Waals surface area contributed by atoms with Crippen LogP contribution in [0.5, 0.6) is 0 Å². The predicted molar refractivity (Wildman–Crippen MR) is 66.4 cm³/mol. The van der Waals surface area contributed by atoms with Gasteiger partial charge >= 0.3 is 0 Å². The van der Waals surface area contributed by atoms with Gasteiger partial charge < -0.3 is 5.32 Å². The van der Waals surface area contributed by atoms with Crippen LogP contribution in [0, 0.1) is 5.82 Å². The molecule has 2 unspecified atom stereocenters. The van der Waals surface area contributed by atoms with E-state index in [4.69, 9.17) is 0 Å². The molecule has 2 atom stereocenters. The van der Waals surface area contributed by atoms with Crippen LogP contribution >= 0.6 is 0 Å². The summed E-state index contributed by atoms with van der Waals surface area (Å²) >= 11 is 0. The lowest BCUT2D eigenvalue weighted by atomic mass is 10.0. The number of hydrogen-bond donors (Lipinski definition) is 2. The molecule has 4 nitrogen and oxygen atoms in total. The van der Waals surface area contributed by atoms with Crippen LogP contribution in [0.1, 0.15) is 37.9 Å². The first-order valence-corrected chi connectivity index (χ1v) is 6.36. The molecule has 2 N–H and O–H groups in total. The Bertz CT molecular complexity index is 407. The largest absolute Gasteiger partial charge is 0.355 e. The zero-order chi connectivity index (χ0) is 13.0. The Hall–Kier alpha value is -1.49. The van der Waals surface area contributed by atoms with E-state index in [2.05, 4.69) is 15.6 Å². The maximum atomic E-state index is 12.8. The third-order valence-corrected chi connectivity index (χ3v) is 3.20. The predicted octanol–water partition coefficient (Wildman–Crippen LogP) is 1.54. The minimum Gasteiger partial charge on any atom is -0.355 e. The minimum atomic E-state index is -0.344. The van der Waals surface area contributed by atoms with Gasteiger partial charge in [-0.3, -0.25) is 15.1 Å². The van der Waals surface area contributed by atoms with E-state index in [1.807, 2.05) is 6.92 Å². The minimum absolute atomic E-state index is 0.0144. The van der Waals surface area contributed by atoms with Crippen molar-refractivity contribution in [1.29, 1.82) is 0 Å². The smallest absolute Gasteiger partial charge is 0.237 e. The Balaban J connectivity index is 2.04. The van der Waals surface area contributed by atoms with Gasteiger partial charge in [-0.25, -0.2) is 4.39 Å². The molecule has 1 aromatic heterocycles. The van der Waals surface area contributed by atoms with Crippen molar-refractivity contribution in [2.24, 2.45) is 0 Å². The molecule has 5 heteroatoms. The fourth-order valence-electron chi connectivity index (χ4n) is 2.18. The highest BCUT2D eigenvalue weighted by molar-refractivity contribution is 5.82. The summed E-state index contributed by atoms with van der Waals surface area (Å²) in [6.45, 7) is 2.77. The van der Waals surface area contributed by atoms with E-state index in [0.717, 1.165) is 31.5 Å². The lowest BCUT2D eigenvalue weighted by molar-refractivity contribution is -0.124. The zero-order valence-corrected chi connectivity index (χ0v) is 10.4. The van der Waals surface area contributed by atoms with Gasteiger partial charge in [0.1, 0.15) is 5.82 Å². The summed E-state index contributed by atoms with van der Waals surface area (Å²) in [5, 5.41) is 6.13. The van der Waals surface area contributed by atoms with Crippen molar-refractivity contribution >= 4 is 5.91 Å². The summed E-state index contributed by atoms with van der Waals surface area (Å²) in [6.07, 6.45) is 3.84. The van der Waals surface area contributed by atoms with Gasteiger partial charge in [0.15, 0.2) is 0 Å². The summed E-state index contributed by atoms with van der Waals surface area (Å²) in [4.78, 5) is 15.7. The number of halogens is 1. The number of aromatic nitrogens is 1. The normalized spacial score (nSPS) is 21.4. The van der Waals surface area contributed by atoms with Crippen LogP contribution in [0.3, 0.4) is 0 Å². The molecule has 1 saturated heterocycles. The molecule has 1 aromatic rings. The quantitative estimate of drug-likeness (QED) is 0.853. The molecule has 98 valence electrons. The SMILES string of the molecule is CCC(NC1CCCNC1=O)c1ccc(F)cn1. The van der Waals surface area contributed by atoms with Crippen LogP contribution in [-0.2, 0) is 4.79 Å². The van der Waals surface area contributed by atoms with Gasteiger partial charge in [-0.05, 0) is 31.4 Å². The lowest BCUT2D eigenvalue weighted by Crippen LogP contribution is -2.49. The average molecular weight is 251 g/mol. The first-order chi connectivity index (χ1) is 8.70. The summed E-state index contributed by atoms with van der Waals surface area (Å²) in [5.74, 6) is -0.300. The zero-order valence-electron chi connectivity index (χ0n) is 10.4. The van der Waals surface area contributed by atoms with Gasteiger partial charge in [0, 0.05) is 12.6 Å². The number of rotatable bonds is 4. The fraction of sp³-hybridized carbons (Fsp3) is 0.538. The Morgan fingerprint density at radius 2 is 2.44 bits per heavy atom. The molecule has 2 heterocycles. The molecule has 1 amide bonds. The number of pyridine rings is 1. The molecule has 2 rings (SSSR count). The second-order valence-corrected chi connectivity index (χ2v) is 4.51. The highest BCUT2D eigenvalue weighted by Crippen LogP contribution is 2.17. The number of nitrogens with zero attached hydrogens (tertiary/aromatic N) is 1. The second kappa shape index (κ2) is 5.91. The van der Waals surface area contributed by atoms with Gasteiger partial charge in [0.25, 0.3) is 0 Å². The van der Waals surface area contributed by atoms with Gasteiger partial charge in [-0.2, -0.15) is 0 Å². The summed E-state index contributed by atoms with van der Waals surface area (Å²) < 4.78 is 12.8. The molecule has 0 bridgehead atoms. The number of carbonyl (C=O) groups is 1. The van der Waals surface area contributed by atoms with Crippen LogP contribution in [-0.4, -0.2) is 23.5 Å². The van der Waals surface area contributed by atoms with Gasteiger partial charge in [0.05, 0.1) is 17.9 Å². The van der Waals surface area contributed by atoms with E-state index < -0.39 is 0 Å². The van der Waals surface area contributed by atoms with Crippen molar-refractivity contribution < 1.29 is 9.18 Å². The highest BCUT2D eigenvalue weighted by atomic mass is 19.1. The van der Waals surface area contributed by atoms with E-state index in [1.165, 1.54) is 12.3 Å². The van der Waals surface area contributed by atoms with Crippen LogP contribution in [0.4, 0.5) is 4.39 Å². The van der Waals surface area contributed by atoms with E-state index >= 15 is 0 Å². The molecule has 0 saturated carbocycles.